The van der Waals surface area contributed by atoms with Crippen LogP contribution in [0.25, 0.3) is 0 Å². The Kier molecular flexibility index (Phi) is 4.67. The number of halogens is 2. The minimum absolute atomic E-state index is 0.498. The highest BCUT2D eigenvalue weighted by atomic mass is 19.3. The lowest BCUT2D eigenvalue weighted by Crippen LogP contribution is -2.46. The first kappa shape index (κ1) is 11.8. The van der Waals surface area contributed by atoms with Gasteiger partial charge in [-0.3, -0.25) is 5.21 Å². The monoisotopic (exact) mass is 210 g/mol. The summed E-state index contributed by atoms with van der Waals surface area (Å²) in [6.07, 6.45) is 3.11. The predicted octanol–water partition coefficient (Wildman–Crippen LogP) is 1.49. The molecule has 0 bridgehead atoms. The highest BCUT2D eigenvalue weighted by Gasteiger charge is 2.29. The Balaban J connectivity index is 2.54. The van der Waals surface area contributed by atoms with Crippen LogP contribution in [0, 0.1) is 0 Å². The smallest absolute Gasteiger partial charge is 0.318 e. The van der Waals surface area contributed by atoms with E-state index < -0.39 is 18.8 Å². The number of hydrogen-bond donors (Lipinski definition) is 2. The Labute approximate surface area is 81.6 Å². The molecule has 3 N–H and O–H groups in total. The molecular weight excluding hydrogens is 194 g/mol. The maximum absolute atomic E-state index is 12.0. The standard InChI is InChI=1S/C8H16F2N2O2/c9-8(10)14-7-5-3-1-2-4-6(7)12(11)13/h6-8,13H,1-5,11H2. The van der Waals surface area contributed by atoms with Crippen molar-refractivity contribution in [2.45, 2.75) is 50.9 Å². The Bertz CT molecular complexity index is 169. The number of hydrogen-bond acceptors (Lipinski definition) is 4. The van der Waals surface area contributed by atoms with E-state index in [0.717, 1.165) is 19.3 Å². The van der Waals surface area contributed by atoms with Gasteiger partial charge in [0.15, 0.2) is 0 Å². The summed E-state index contributed by atoms with van der Waals surface area (Å²) < 4.78 is 28.5. The van der Waals surface area contributed by atoms with Crippen molar-refractivity contribution >= 4 is 0 Å². The maximum atomic E-state index is 12.0. The molecule has 1 aliphatic carbocycles. The first-order chi connectivity index (χ1) is 6.61. The lowest BCUT2D eigenvalue weighted by Gasteiger charge is -2.28. The Morgan fingerprint density at radius 1 is 1.29 bits per heavy atom. The van der Waals surface area contributed by atoms with E-state index in [1.54, 1.807) is 0 Å². The zero-order chi connectivity index (χ0) is 10.6. The molecule has 1 fully saturated rings. The van der Waals surface area contributed by atoms with Crippen molar-refractivity contribution in [3.05, 3.63) is 0 Å². The van der Waals surface area contributed by atoms with E-state index in [1.807, 2.05) is 0 Å². The molecule has 84 valence electrons. The van der Waals surface area contributed by atoms with E-state index in [4.69, 9.17) is 11.0 Å². The van der Waals surface area contributed by atoms with Crippen molar-refractivity contribution in [2.24, 2.45) is 5.84 Å². The number of nitrogens with zero attached hydrogens (tertiary/aromatic N) is 1. The molecule has 2 unspecified atom stereocenters. The number of rotatable bonds is 3. The SMILES string of the molecule is NN(O)C1CCCCCC1OC(F)F. The van der Waals surface area contributed by atoms with Crippen LogP contribution >= 0.6 is 0 Å². The van der Waals surface area contributed by atoms with Gasteiger partial charge in [-0.15, -0.1) is 5.17 Å². The summed E-state index contributed by atoms with van der Waals surface area (Å²) in [6, 6.07) is -0.522. The third kappa shape index (κ3) is 3.45. The van der Waals surface area contributed by atoms with E-state index >= 15 is 0 Å². The Morgan fingerprint density at radius 3 is 2.50 bits per heavy atom. The van der Waals surface area contributed by atoms with Crippen molar-refractivity contribution in [1.82, 2.24) is 5.17 Å². The topological polar surface area (TPSA) is 58.7 Å². The van der Waals surface area contributed by atoms with Crippen LogP contribution in [0.15, 0.2) is 0 Å². The van der Waals surface area contributed by atoms with Gasteiger partial charge in [-0.2, -0.15) is 8.78 Å². The fraction of sp³-hybridized carbons (Fsp3) is 1.00. The number of hydroxylamine groups is 1. The molecular formula is C8H16F2N2O2. The minimum Gasteiger partial charge on any atom is -0.318 e. The van der Waals surface area contributed by atoms with E-state index in [9.17, 15) is 8.78 Å². The van der Waals surface area contributed by atoms with Crippen LogP contribution in [-0.4, -0.2) is 29.1 Å². The molecule has 1 rings (SSSR count). The summed E-state index contributed by atoms with van der Waals surface area (Å²) in [7, 11) is 0. The quantitative estimate of drug-likeness (QED) is 0.421. The molecule has 0 amide bonds. The van der Waals surface area contributed by atoms with Crippen LogP contribution in [0.3, 0.4) is 0 Å². The highest BCUT2D eigenvalue weighted by Crippen LogP contribution is 2.24. The molecule has 2 atom stereocenters. The lowest BCUT2D eigenvalue weighted by atomic mass is 10.1. The summed E-state index contributed by atoms with van der Waals surface area (Å²) in [6.45, 7) is -2.81. The second kappa shape index (κ2) is 5.55. The van der Waals surface area contributed by atoms with Crippen LogP contribution in [0.1, 0.15) is 32.1 Å². The molecule has 14 heavy (non-hydrogen) atoms. The molecule has 6 heteroatoms. The van der Waals surface area contributed by atoms with Crippen LogP contribution in [-0.2, 0) is 4.74 Å². The van der Waals surface area contributed by atoms with Crippen LogP contribution < -0.4 is 5.84 Å². The van der Waals surface area contributed by atoms with Crippen molar-refractivity contribution in [3.63, 3.8) is 0 Å². The minimum atomic E-state index is -2.81. The average molecular weight is 210 g/mol. The van der Waals surface area contributed by atoms with Gasteiger partial charge in [-0.1, -0.05) is 19.3 Å². The normalized spacial score (nSPS) is 29.6. The van der Waals surface area contributed by atoms with Gasteiger partial charge >= 0.3 is 6.61 Å². The molecule has 0 saturated heterocycles. The molecule has 0 aromatic heterocycles. The van der Waals surface area contributed by atoms with Gasteiger partial charge in [-0.25, -0.2) is 5.84 Å². The summed E-state index contributed by atoms with van der Waals surface area (Å²) in [5.74, 6) is 5.17. The fourth-order valence-corrected chi connectivity index (χ4v) is 1.85. The summed E-state index contributed by atoms with van der Waals surface area (Å²) in [5.41, 5.74) is 0. The number of ether oxygens (including phenoxy) is 1. The van der Waals surface area contributed by atoms with Crippen LogP contribution in [0.5, 0.6) is 0 Å². The van der Waals surface area contributed by atoms with Gasteiger partial charge < -0.3 is 4.74 Å². The van der Waals surface area contributed by atoms with Gasteiger partial charge in [0.25, 0.3) is 0 Å². The van der Waals surface area contributed by atoms with E-state index in [2.05, 4.69) is 4.74 Å². The van der Waals surface area contributed by atoms with Crippen molar-refractivity contribution < 1.29 is 18.7 Å². The highest BCUT2D eigenvalue weighted by molar-refractivity contribution is 4.77. The first-order valence-corrected chi connectivity index (χ1v) is 4.77. The molecule has 0 aliphatic heterocycles. The molecule has 4 nitrogen and oxygen atoms in total. The zero-order valence-corrected chi connectivity index (χ0v) is 7.90. The van der Waals surface area contributed by atoms with E-state index in [-0.39, 0.29) is 0 Å². The number of alkyl halides is 2. The second-order valence-electron chi connectivity index (χ2n) is 3.52. The van der Waals surface area contributed by atoms with Gasteiger partial charge in [0, 0.05) is 0 Å². The Hall–Kier alpha value is -0.300. The summed E-state index contributed by atoms with van der Waals surface area (Å²) >= 11 is 0. The third-order valence-electron chi connectivity index (χ3n) is 2.54. The number of nitrogens with two attached hydrogens (primary N) is 1. The third-order valence-corrected chi connectivity index (χ3v) is 2.54. The van der Waals surface area contributed by atoms with Crippen molar-refractivity contribution in [2.75, 3.05) is 0 Å². The molecule has 1 saturated carbocycles. The van der Waals surface area contributed by atoms with Gasteiger partial charge in [0.1, 0.15) is 0 Å². The second-order valence-corrected chi connectivity index (χ2v) is 3.52. The van der Waals surface area contributed by atoms with Gasteiger partial charge in [-0.05, 0) is 12.8 Å². The lowest BCUT2D eigenvalue weighted by molar-refractivity contribution is -0.220. The van der Waals surface area contributed by atoms with Crippen molar-refractivity contribution in [1.29, 1.82) is 0 Å². The molecule has 1 aliphatic rings. The van der Waals surface area contributed by atoms with Gasteiger partial charge in [0.05, 0.1) is 12.1 Å². The average Bonchev–Trinajstić information content (AvgIpc) is 2.28. The summed E-state index contributed by atoms with van der Waals surface area (Å²) in [4.78, 5) is 0. The predicted molar refractivity (Wildman–Crippen MR) is 45.6 cm³/mol. The number of hydrazine groups is 1. The summed E-state index contributed by atoms with van der Waals surface area (Å²) in [5, 5.41) is 9.57. The van der Waals surface area contributed by atoms with Crippen molar-refractivity contribution in [3.8, 4) is 0 Å². The van der Waals surface area contributed by atoms with E-state index in [0.29, 0.717) is 18.0 Å². The molecule has 0 aromatic carbocycles. The fourth-order valence-electron chi connectivity index (χ4n) is 1.85. The zero-order valence-electron chi connectivity index (χ0n) is 7.90. The van der Waals surface area contributed by atoms with E-state index in [1.165, 1.54) is 0 Å². The van der Waals surface area contributed by atoms with Gasteiger partial charge in [0.2, 0.25) is 0 Å². The van der Waals surface area contributed by atoms with Crippen LogP contribution in [0.4, 0.5) is 8.78 Å². The Morgan fingerprint density at radius 2 is 1.93 bits per heavy atom. The molecule has 0 spiro atoms. The maximum Gasteiger partial charge on any atom is 0.345 e. The largest absolute Gasteiger partial charge is 0.345 e. The first-order valence-electron chi connectivity index (χ1n) is 4.77. The molecule has 0 radical (unpaired) electrons. The molecule has 0 aromatic rings. The van der Waals surface area contributed by atoms with Crippen LogP contribution in [0.2, 0.25) is 0 Å². The molecule has 0 heterocycles.